The number of hydrogen-bond donors (Lipinski definition) is 0. The molecule has 4 nitrogen and oxygen atoms in total. The molecule has 0 spiro atoms. The Morgan fingerprint density at radius 3 is 2.67 bits per heavy atom. The molecule has 1 fully saturated rings. The highest BCUT2D eigenvalue weighted by atomic mass is 35.5. The maximum Gasteiger partial charge on any atom is 0.243 e. The summed E-state index contributed by atoms with van der Waals surface area (Å²) in [4.78, 5) is 0.146. The fourth-order valence-electron chi connectivity index (χ4n) is 2.84. The van der Waals surface area contributed by atoms with Gasteiger partial charge in [-0.1, -0.05) is 31.4 Å². The predicted octanol–water partition coefficient (Wildman–Crippen LogP) is 3.41. The Bertz CT molecular complexity index is 667. The second-order valence-corrected chi connectivity index (χ2v) is 8.11. The summed E-state index contributed by atoms with van der Waals surface area (Å²) < 4.78 is 26.8. The van der Waals surface area contributed by atoms with Crippen molar-refractivity contribution < 1.29 is 8.42 Å². The highest BCUT2D eigenvalue weighted by molar-refractivity contribution is 7.89. The van der Waals surface area contributed by atoms with Crippen molar-refractivity contribution in [2.45, 2.75) is 43.5 Å². The van der Waals surface area contributed by atoms with Crippen molar-refractivity contribution in [1.82, 2.24) is 4.31 Å². The van der Waals surface area contributed by atoms with Gasteiger partial charge in [0.25, 0.3) is 0 Å². The minimum absolute atomic E-state index is 0.0353. The monoisotopic (exact) mass is 326 g/mol. The van der Waals surface area contributed by atoms with Crippen molar-refractivity contribution in [3.05, 3.63) is 28.8 Å². The number of benzene rings is 1. The maximum absolute atomic E-state index is 12.7. The molecule has 114 valence electrons. The van der Waals surface area contributed by atoms with Gasteiger partial charge in [-0.25, -0.2) is 8.42 Å². The first-order valence-corrected chi connectivity index (χ1v) is 8.85. The molecular weight excluding hydrogens is 308 g/mol. The van der Waals surface area contributed by atoms with E-state index in [0.29, 0.717) is 5.92 Å². The molecule has 1 aromatic carbocycles. The zero-order chi connectivity index (χ0) is 15.6. The minimum Gasteiger partial charge on any atom is -0.207 e. The molecule has 0 aromatic heterocycles. The number of hydrogen-bond acceptors (Lipinski definition) is 3. The lowest BCUT2D eigenvalue weighted by Crippen LogP contribution is -2.39. The van der Waals surface area contributed by atoms with Crippen LogP contribution in [0.2, 0.25) is 5.02 Å². The SMILES string of the molecule is CC1CCCC(N(C)S(=O)(=O)c2ccc(C#N)c(Cl)c2)C1. The summed E-state index contributed by atoms with van der Waals surface area (Å²) in [7, 11) is -1.94. The maximum atomic E-state index is 12.7. The first-order chi connectivity index (χ1) is 9.86. The first kappa shape index (κ1) is 16.3. The highest BCUT2D eigenvalue weighted by Gasteiger charge is 2.31. The molecule has 2 atom stereocenters. The lowest BCUT2D eigenvalue weighted by atomic mass is 9.87. The number of rotatable bonds is 3. The van der Waals surface area contributed by atoms with Gasteiger partial charge in [0.15, 0.2) is 0 Å². The Balaban J connectivity index is 2.29. The van der Waals surface area contributed by atoms with Gasteiger partial charge in [0.1, 0.15) is 6.07 Å². The average molecular weight is 327 g/mol. The fourth-order valence-corrected chi connectivity index (χ4v) is 4.55. The van der Waals surface area contributed by atoms with Crippen LogP contribution in [0.4, 0.5) is 0 Å². The lowest BCUT2D eigenvalue weighted by Gasteiger charge is -2.33. The number of nitrogens with zero attached hydrogens (tertiary/aromatic N) is 2. The summed E-state index contributed by atoms with van der Waals surface area (Å²) in [6.07, 6.45) is 4.00. The van der Waals surface area contributed by atoms with E-state index < -0.39 is 10.0 Å². The second kappa shape index (κ2) is 6.35. The van der Waals surface area contributed by atoms with E-state index in [2.05, 4.69) is 6.92 Å². The molecule has 0 heterocycles. The highest BCUT2D eigenvalue weighted by Crippen LogP contribution is 2.30. The molecule has 6 heteroatoms. The zero-order valence-electron chi connectivity index (χ0n) is 12.2. The topological polar surface area (TPSA) is 61.2 Å². The largest absolute Gasteiger partial charge is 0.243 e. The van der Waals surface area contributed by atoms with Gasteiger partial charge >= 0.3 is 0 Å². The average Bonchev–Trinajstić information content (AvgIpc) is 2.46. The molecule has 0 radical (unpaired) electrons. The second-order valence-electron chi connectivity index (χ2n) is 5.70. The third-order valence-electron chi connectivity index (χ3n) is 4.16. The van der Waals surface area contributed by atoms with Crippen molar-refractivity contribution in [2.24, 2.45) is 5.92 Å². The van der Waals surface area contributed by atoms with Gasteiger partial charge in [0.2, 0.25) is 10.0 Å². The van der Waals surface area contributed by atoms with Crippen LogP contribution in [0.15, 0.2) is 23.1 Å². The normalized spacial score (nSPS) is 23.0. The van der Waals surface area contributed by atoms with Gasteiger partial charge in [0.05, 0.1) is 15.5 Å². The van der Waals surface area contributed by atoms with E-state index >= 15 is 0 Å². The standard InChI is InChI=1S/C15H19ClN2O2S/c1-11-4-3-5-13(8-11)18(2)21(19,20)14-7-6-12(10-17)15(16)9-14/h6-7,9,11,13H,3-5,8H2,1-2H3. The van der Waals surface area contributed by atoms with E-state index in [-0.39, 0.29) is 21.5 Å². The van der Waals surface area contributed by atoms with Gasteiger partial charge in [-0.2, -0.15) is 9.57 Å². The molecule has 1 saturated carbocycles. The third kappa shape index (κ3) is 3.39. The molecule has 0 aliphatic heterocycles. The molecule has 0 bridgehead atoms. The summed E-state index contributed by atoms with van der Waals surface area (Å²) in [6, 6.07) is 6.22. The summed E-state index contributed by atoms with van der Waals surface area (Å²) in [5, 5.41) is 9.03. The lowest BCUT2D eigenvalue weighted by molar-refractivity contribution is 0.239. The van der Waals surface area contributed by atoms with Crippen LogP contribution in [0.3, 0.4) is 0 Å². The molecule has 0 amide bonds. The van der Waals surface area contributed by atoms with Crippen LogP contribution in [0.25, 0.3) is 0 Å². The molecular formula is C15H19ClN2O2S. The first-order valence-electron chi connectivity index (χ1n) is 7.04. The Morgan fingerprint density at radius 2 is 2.10 bits per heavy atom. The van der Waals surface area contributed by atoms with E-state index in [1.54, 1.807) is 7.05 Å². The van der Waals surface area contributed by atoms with Crippen molar-refractivity contribution in [2.75, 3.05) is 7.05 Å². The Morgan fingerprint density at radius 1 is 1.38 bits per heavy atom. The fraction of sp³-hybridized carbons (Fsp3) is 0.533. The minimum atomic E-state index is -3.57. The van der Waals surface area contributed by atoms with Gasteiger partial charge < -0.3 is 0 Å². The zero-order valence-corrected chi connectivity index (χ0v) is 13.8. The molecule has 1 aliphatic carbocycles. The van der Waals surface area contributed by atoms with Crippen LogP contribution in [0, 0.1) is 17.2 Å². The van der Waals surface area contributed by atoms with Gasteiger partial charge in [-0.3, -0.25) is 0 Å². The number of sulfonamides is 1. The van der Waals surface area contributed by atoms with Crippen LogP contribution in [-0.4, -0.2) is 25.8 Å². The molecule has 0 saturated heterocycles. The van der Waals surface area contributed by atoms with E-state index in [4.69, 9.17) is 16.9 Å². The number of halogens is 1. The Kier molecular flexibility index (Phi) is 4.92. The van der Waals surface area contributed by atoms with Crippen molar-refractivity contribution in [1.29, 1.82) is 5.26 Å². The van der Waals surface area contributed by atoms with E-state index in [1.165, 1.54) is 22.5 Å². The van der Waals surface area contributed by atoms with Crippen LogP contribution < -0.4 is 0 Å². The van der Waals surface area contributed by atoms with Crippen LogP contribution >= 0.6 is 11.6 Å². The smallest absolute Gasteiger partial charge is 0.207 e. The molecule has 0 N–H and O–H groups in total. The van der Waals surface area contributed by atoms with Gasteiger partial charge in [-0.05, 0) is 37.0 Å². The van der Waals surface area contributed by atoms with Crippen LogP contribution in [-0.2, 0) is 10.0 Å². The van der Waals surface area contributed by atoms with Crippen molar-refractivity contribution in [3.8, 4) is 6.07 Å². The summed E-state index contributed by atoms with van der Waals surface area (Å²) in [5.74, 6) is 0.547. The molecule has 2 rings (SSSR count). The molecule has 1 aromatic rings. The van der Waals surface area contributed by atoms with Crippen LogP contribution in [0.5, 0.6) is 0 Å². The Labute approximate surface area is 131 Å². The third-order valence-corrected chi connectivity index (χ3v) is 6.38. The van der Waals surface area contributed by atoms with E-state index in [1.807, 2.05) is 6.07 Å². The number of nitriles is 1. The van der Waals surface area contributed by atoms with Gasteiger partial charge in [0, 0.05) is 13.1 Å². The Hall–Kier alpha value is -1.09. The van der Waals surface area contributed by atoms with E-state index in [0.717, 1.165) is 25.7 Å². The quantitative estimate of drug-likeness (QED) is 0.855. The summed E-state index contributed by atoms with van der Waals surface area (Å²) >= 11 is 5.94. The van der Waals surface area contributed by atoms with Crippen molar-refractivity contribution in [3.63, 3.8) is 0 Å². The summed E-state index contributed by atoms with van der Waals surface area (Å²) in [6.45, 7) is 2.16. The van der Waals surface area contributed by atoms with E-state index in [9.17, 15) is 8.42 Å². The van der Waals surface area contributed by atoms with Crippen LogP contribution in [0.1, 0.15) is 38.2 Å². The molecule has 21 heavy (non-hydrogen) atoms. The summed E-state index contributed by atoms with van der Waals surface area (Å²) in [5.41, 5.74) is 0.282. The predicted molar refractivity (Wildman–Crippen MR) is 82.5 cm³/mol. The molecule has 2 unspecified atom stereocenters. The van der Waals surface area contributed by atoms with Crippen molar-refractivity contribution >= 4 is 21.6 Å². The van der Waals surface area contributed by atoms with Gasteiger partial charge in [-0.15, -0.1) is 0 Å². The molecule has 1 aliphatic rings.